The molecule has 0 spiro atoms. The van der Waals surface area contributed by atoms with Gasteiger partial charge in [-0.15, -0.1) is 11.3 Å². The highest BCUT2D eigenvalue weighted by Gasteiger charge is 2.35. The number of hydrogen-bond donors (Lipinski definition) is 2. The summed E-state index contributed by atoms with van der Waals surface area (Å²) in [6, 6.07) is 0. The normalized spacial score (nSPS) is 16.4. The van der Waals surface area contributed by atoms with Crippen molar-refractivity contribution in [2.75, 3.05) is 12.3 Å². The van der Waals surface area contributed by atoms with Crippen molar-refractivity contribution in [1.82, 2.24) is 4.98 Å². The predicted molar refractivity (Wildman–Crippen MR) is 89.2 cm³/mol. The third kappa shape index (κ3) is 2.45. The number of carbonyl (C=O) groups is 2. The average Bonchev–Trinajstić information content (AvgIpc) is 2.76. The minimum atomic E-state index is -0.741. The number of nitrogen functional groups attached to an aromatic ring is 1. The highest BCUT2D eigenvalue weighted by molar-refractivity contribution is 7.20. The molecule has 0 saturated heterocycles. The van der Waals surface area contributed by atoms with Crippen LogP contribution in [0, 0.1) is 5.41 Å². The molecular weight excluding hydrogens is 316 g/mol. The highest BCUT2D eigenvalue weighted by Crippen LogP contribution is 2.41. The molecular formula is C16H18N2O4S. The van der Waals surface area contributed by atoms with Gasteiger partial charge in [-0.2, -0.15) is 0 Å². The van der Waals surface area contributed by atoms with Crippen molar-refractivity contribution < 1.29 is 14.3 Å². The molecule has 2 heterocycles. The van der Waals surface area contributed by atoms with Crippen LogP contribution in [0.2, 0.25) is 0 Å². The molecule has 0 bridgehead atoms. The Morgan fingerprint density at radius 1 is 1.35 bits per heavy atom. The van der Waals surface area contributed by atoms with Gasteiger partial charge in [-0.3, -0.25) is 9.59 Å². The lowest BCUT2D eigenvalue weighted by Crippen LogP contribution is -2.27. The van der Waals surface area contributed by atoms with E-state index in [2.05, 4.69) is 4.98 Å². The van der Waals surface area contributed by atoms with Crippen LogP contribution in [0.5, 0.6) is 0 Å². The summed E-state index contributed by atoms with van der Waals surface area (Å²) in [5.41, 5.74) is 5.69. The lowest BCUT2D eigenvalue weighted by atomic mass is 9.76. The molecule has 0 radical (unpaired) electrons. The van der Waals surface area contributed by atoms with Gasteiger partial charge in [-0.1, -0.05) is 13.8 Å². The molecule has 6 nitrogen and oxygen atoms in total. The van der Waals surface area contributed by atoms with E-state index in [1.54, 1.807) is 6.92 Å². The van der Waals surface area contributed by atoms with Crippen molar-refractivity contribution in [3.05, 3.63) is 26.2 Å². The Labute approximate surface area is 136 Å². The van der Waals surface area contributed by atoms with E-state index in [1.807, 2.05) is 13.8 Å². The summed E-state index contributed by atoms with van der Waals surface area (Å²) in [6.07, 6.45) is 1.06. The van der Waals surface area contributed by atoms with E-state index in [-0.39, 0.29) is 29.2 Å². The first-order chi connectivity index (χ1) is 10.7. The summed E-state index contributed by atoms with van der Waals surface area (Å²) >= 11 is 1.23. The number of rotatable bonds is 2. The van der Waals surface area contributed by atoms with Crippen LogP contribution in [0.25, 0.3) is 10.2 Å². The Bertz CT molecular complexity index is 892. The Morgan fingerprint density at radius 3 is 2.70 bits per heavy atom. The van der Waals surface area contributed by atoms with Crippen LogP contribution in [0.1, 0.15) is 52.8 Å². The third-order valence-electron chi connectivity index (χ3n) is 4.01. The van der Waals surface area contributed by atoms with E-state index < -0.39 is 11.4 Å². The minimum absolute atomic E-state index is 0.0220. The molecule has 0 fully saturated rings. The Balaban J connectivity index is 2.32. The smallest absolute Gasteiger partial charge is 0.345 e. The van der Waals surface area contributed by atoms with Crippen LogP contribution in [0.4, 0.5) is 5.82 Å². The second-order valence-electron chi connectivity index (χ2n) is 6.52. The van der Waals surface area contributed by atoms with Crippen molar-refractivity contribution >= 4 is 39.1 Å². The number of anilines is 1. The van der Waals surface area contributed by atoms with Crippen LogP contribution in [0.3, 0.4) is 0 Å². The number of hydrogen-bond acceptors (Lipinski definition) is 6. The lowest BCUT2D eigenvalue weighted by Gasteiger charge is -2.28. The van der Waals surface area contributed by atoms with Crippen molar-refractivity contribution in [2.24, 2.45) is 5.41 Å². The maximum absolute atomic E-state index is 12.8. The maximum Gasteiger partial charge on any atom is 0.345 e. The summed E-state index contributed by atoms with van der Waals surface area (Å²) in [4.78, 5) is 41.2. The van der Waals surface area contributed by atoms with Gasteiger partial charge in [0.1, 0.15) is 16.2 Å². The van der Waals surface area contributed by atoms with Gasteiger partial charge in [0, 0.05) is 6.42 Å². The highest BCUT2D eigenvalue weighted by atomic mass is 32.1. The molecule has 1 aliphatic carbocycles. The number of nitrogens with one attached hydrogen (secondary N) is 1. The zero-order valence-electron chi connectivity index (χ0n) is 13.2. The number of Topliss-reactive ketones (excluding diaryl/α,β-unsaturated/α-hetero) is 1. The maximum atomic E-state index is 12.8. The van der Waals surface area contributed by atoms with Gasteiger partial charge in [0.05, 0.1) is 16.9 Å². The third-order valence-corrected chi connectivity index (χ3v) is 5.19. The monoisotopic (exact) mass is 334 g/mol. The van der Waals surface area contributed by atoms with E-state index in [9.17, 15) is 14.4 Å². The van der Waals surface area contributed by atoms with Gasteiger partial charge in [-0.25, -0.2) is 4.79 Å². The van der Waals surface area contributed by atoms with Crippen molar-refractivity contribution in [3.63, 3.8) is 0 Å². The summed E-state index contributed by atoms with van der Waals surface area (Å²) in [5.74, 6) is -0.734. The molecule has 3 N–H and O–H groups in total. The number of H-pyrrole nitrogens is 1. The van der Waals surface area contributed by atoms with Gasteiger partial charge in [0.2, 0.25) is 5.43 Å². The number of nitrogens with two attached hydrogens (primary N) is 1. The minimum Gasteiger partial charge on any atom is -0.462 e. The molecule has 0 saturated carbocycles. The van der Waals surface area contributed by atoms with E-state index in [0.717, 1.165) is 5.56 Å². The van der Waals surface area contributed by atoms with Crippen molar-refractivity contribution in [1.29, 1.82) is 0 Å². The van der Waals surface area contributed by atoms with E-state index in [4.69, 9.17) is 10.5 Å². The molecule has 0 aliphatic heterocycles. The van der Waals surface area contributed by atoms with Gasteiger partial charge in [0.15, 0.2) is 5.78 Å². The molecule has 2 aromatic heterocycles. The first-order valence-electron chi connectivity index (χ1n) is 7.42. The molecule has 2 aromatic rings. The molecule has 7 heteroatoms. The van der Waals surface area contributed by atoms with Gasteiger partial charge in [-0.05, 0) is 24.3 Å². The number of pyridine rings is 1. The molecule has 0 aromatic carbocycles. The Hall–Kier alpha value is -2.15. The number of carbonyl (C=O) groups excluding carboxylic acids is 2. The summed E-state index contributed by atoms with van der Waals surface area (Å²) in [5, 5.41) is 0.392. The predicted octanol–water partition coefficient (Wildman–Crippen LogP) is 2.50. The first kappa shape index (κ1) is 15.7. The van der Waals surface area contributed by atoms with Crippen molar-refractivity contribution in [2.45, 2.75) is 33.6 Å². The number of ketones is 1. The zero-order chi connectivity index (χ0) is 16.9. The van der Waals surface area contributed by atoms with E-state index in [0.29, 0.717) is 27.9 Å². The number of aromatic amines is 1. The van der Waals surface area contributed by atoms with Gasteiger partial charge >= 0.3 is 5.97 Å². The Kier molecular flexibility index (Phi) is 3.55. The molecule has 1 aliphatic rings. The summed E-state index contributed by atoms with van der Waals surface area (Å²) < 4.78 is 4.92. The zero-order valence-corrected chi connectivity index (χ0v) is 14.1. The average molecular weight is 334 g/mol. The Morgan fingerprint density at radius 2 is 2.04 bits per heavy atom. The standard InChI is InChI=1S/C16H18N2O4S/c1-4-22-15(21)10-11(20)9-7-5-16(2,3)6-8(19)12(7)23-14(9)18-13(10)17/h4-6H2,1-3H3,(H3,17,18,20). The lowest BCUT2D eigenvalue weighted by molar-refractivity contribution is 0.0526. The fourth-order valence-corrected chi connectivity index (χ4v) is 4.25. The van der Waals surface area contributed by atoms with Crippen LogP contribution < -0.4 is 11.2 Å². The van der Waals surface area contributed by atoms with Gasteiger partial charge < -0.3 is 15.5 Å². The SMILES string of the molecule is CCOC(=O)c1c(N)[nH]c2sc3c(c2c1=O)CC(C)(C)CC3=O. The molecule has 122 valence electrons. The van der Waals surface area contributed by atoms with Crippen LogP contribution in [0.15, 0.2) is 4.79 Å². The first-order valence-corrected chi connectivity index (χ1v) is 8.24. The molecule has 0 unspecified atom stereocenters. The van der Waals surface area contributed by atoms with Gasteiger partial charge in [0.25, 0.3) is 0 Å². The fourth-order valence-electron chi connectivity index (χ4n) is 3.08. The largest absolute Gasteiger partial charge is 0.462 e. The van der Waals surface area contributed by atoms with Crippen LogP contribution >= 0.6 is 11.3 Å². The summed E-state index contributed by atoms with van der Waals surface area (Å²) in [6.45, 7) is 5.81. The molecule has 0 amide bonds. The topological polar surface area (TPSA) is 102 Å². The van der Waals surface area contributed by atoms with Crippen LogP contribution in [-0.2, 0) is 11.2 Å². The van der Waals surface area contributed by atoms with E-state index in [1.165, 1.54) is 11.3 Å². The second-order valence-corrected chi connectivity index (χ2v) is 7.54. The quantitative estimate of drug-likeness (QED) is 0.822. The summed E-state index contributed by atoms with van der Waals surface area (Å²) in [7, 11) is 0. The fraction of sp³-hybridized carbons (Fsp3) is 0.438. The second kappa shape index (κ2) is 5.19. The number of ether oxygens (including phenoxy) is 1. The molecule has 23 heavy (non-hydrogen) atoms. The number of fused-ring (bicyclic) bond motifs is 3. The molecule has 0 atom stereocenters. The van der Waals surface area contributed by atoms with Crippen molar-refractivity contribution in [3.8, 4) is 0 Å². The number of aromatic nitrogens is 1. The number of thiophene rings is 1. The number of esters is 1. The van der Waals surface area contributed by atoms with Crippen LogP contribution in [-0.4, -0.2) is 23.3 Å². The molecule has 3 rings (SSSR count). The van der Waals surface area contributed by atoms with E-state index >= 15 is 0 Å².